The van der Waals surface area contributed by atoms with E-state index in [2.05, 4.69) is 4.90 Å². The van der Waals surface area contributed by atoms with Crippen LogP contribution in [0.25, 0.3) is 0 Å². The van der Waals surface area contributed by atoms with Crippen LogP contribution in [-0.4, -0.2) is 48.4 Å². The number of carbonyl (C=O) groups excluding carboxylic acids is 1. The Bertz CT molecular complexity index is 523. The zero-order chi connectivity index (χ0) is 14.8. The summed E-state index contributed by atoms with van der Waals surface area (Å²) in [5.41, 5.74) is 1.14. The highest BCUT2D eigenvalue weighted by Crippen LogP contribution is 2.31. The average Bonchev–Trinajstić information content (AvgIpc) is 3.31. The molecule has 1 saturated carbocycles. The van der Waals surface area contributed by atoms with Gasteiger partial charge in [-0.1, -0.05) is 29.3 Å². The van der Waals surface area contributed by atoms with Gasteiger partial charge in [0.15, 0.2) is 0 Å². The van der Waals surface area contributed by atoms with Crippen molar-refractivity contribution in [2.45, 2.75) is 19.3 Å². The molecule has 0 aromatic heterocycles. The fourth-order valence-electron chi connectivity index (χ4n) is 2.78. The van der Waals surface area contributed by atoms with E-state index in [9.17, 15) is 4.79 Å². The number of halogens is 2. The third kappa shape index (κ3) is 3.91. The van der Waals surface area contributed by atoms with E-state index < -0.39 is 0 Å². The highest BCUT2D eigenvalue weighted by Gasteiger charge is 2.34. The van der Waals surface area contributed by atoms with Gasteiger partial charge in [0, 0.05) is 48.7 Å². The van der Waals surface area contributed by atoms with E-state index in [1.165, 1.54) is 0 Å². The Balaban J connectivity index is 1.45. The molecular weight excluding hydrogens is 307 g/mol. The van der Waals surface area contributed by atoms with E-state index in [-0.39, 0.29) is 0 Å². The average molecular weight is 327 g/mol. The van der Waals surface area contributed by atoms with E-state index in [0.717, 1.165) is 62.6 Å². The summed E-state index contributed by atoms with van der Waals surface area (Å²) in [5.74, 6) is 0.708. The molecule has 0 N–H and O–H groups in total. The Morgan fingerprint density at radius 2 is 1.86 bits per heavy atom. The molecule has 2 fully saturated rings. The quantitative estimate of drug-likeness (QED) is 0.848. The Labute approximate surface area is 135 Å². The fraction of sp³-hybridized carbons (Fsp3) is 0.562. The number of benzene rings is 1. The van der Waals surface area contributed by atoms with Crippen LogP contribution in [0.15, 0.2) is 18.2 Å². The van der Waals surface area contributed by atoms with E-state index in [4.69, 9.17) is 23.2 Å². The summed E-state index contributed by atoms with van der Waals surface area (Å²) in [7, 11) is 0. The van der Waals surface area contributed by atoms with Crippen molar-refractivity contribution in [2.24, 2.45) is 5.92 Å². The Hall–Kier alpha value is -0.770. The SMILES string of the molecule is O=C(C1CC1)N1CCN(CCc2ccc(Cl)cc2Cl)CC1. The summed E-state index contributed by atoms with van der Waals surface area (Å²) in [5, 5.41) is 1.42. The van der Waals surface area contributed by atoms with Crippen molar-refractivity contribution in [2.75, 3.05) is 32.7 Å². The number of nitrogens with zero attached hydrogens (tertiary/aromatic N) is 2. The zero-order valence-electron chi connectivity index (χ0n) is 12.0. The number of hydrogen-bond donors (Lipinski definition) is 0. The Kier molecular flexibility index (Phi) is 4.72. The van der Waals surface area contributed by atoms with Crippen molar-refractivity contribution in [1.29, 1.82) is 0 Å². The van der Waals surface area contributed by atoms with E-state index in [0.29, 0.717) is 16.8 Å². The first-order valence-corrected chi connectivity index (χ1v) is 8.34. The maximum Gasteiger partial charge on any atom is 0.225 e. The number of piperazine rings is 1. The number of hydrogen-bond acceptors (Lipinski definition) is 2. The first kappa shape index (κ1) is 15.1. The standard InChI is InChI=1S/C16H20Cl2N2O/c17-14-4-3-12(15(18)11-14)5-6-19-7-9-20(10-8-19)16(21)13-1-2-13/h3-4,11,13H,1-2,5-10H2. The second kappa shape index (κ2) is 6.55. The molecule has 3 rings (SSSR count). The molecule has 0 unspecified atom stereocenters. The Morgan fingerprint density at radius 3 is 2.48 bits per heavy atom. The zero-order valence-corrected chi connectivity index (χ0v) is 13.5. The van der Waals surface area contributed by atoms with Gasteiger partial charge in [-0.05, 0) is 37.0 Å². The van der Waals surface area contributed by atoms with E-state index >= 15 is 0 Å². The Morgan fingerprint density at radius 1 is 1.14 bits per heavy atom. The number of rotatable bonds is 4. The molecule has 114 valence electrons. The van der Waals surface area contributed by atoms with Gasteiger partial charge < -0.3 is 4.90 Å². The summed E-state index contributed by atoms with van der Waals surface area (Å²) in [6.07, 6.45) is 3.11. The van der Waals surface area contributed by atoms with Crippen LogP contribution in [0.4, 0.5) is 0 Å². The van der Waals surface area contributed by atoms with Crippen molar-refractivity contribution < 1.29 is 4.79 Å². The topological polar surface area (TPSA) is 23.6 Å². The lowest BCUT2D eigenvalue weighted by Gasteiger charge is -2.35. The smallest absolute Gasteiger partial charge is 0.225 e. The van der Waals surface area contributed by atoms with Gasteiger partial charge in [0.25, 0.3) is 0 Å². The third-order valence-corrected chi connectivity index (χ3v) is 4.91. The summed E-state index contributed by atoms with van der Waals surface area (Å²) >= 11 is 12.1. The van der Waals surface area contributed by atoms with Gasteiger partial charge in [0.2, 0.25) is 5.91 Å². The molecule has 5 heteroatoms. The van der Waals surface area contributed by atoms with Gasteiger partial charge in [0.1, 0.15) is 0 Å². The molecule has 1 saturated heterocycles. The minimum Gasteiger partial charge on any atom is -0.340 e. The van der Waals surface area contributed by atoms with Crippen molar-refractivity contribution in [3.63, 3.8) is 0 Å². The first-order valence-electron chi connectivity index (χ1n) is 7.58. The van der Waals surface area contributed by atoms with Crippen LogP contribution in [0, 0.1) is 5.92 Å². The number of amides is 1. The monoisotopic (exact) mass is 326 g/mol. The third-order valence-electron chi connectivity index (χ3n) is 4.32. The fourth-order valence-corrected chi connectivity index (χ4v) is 3.29. The van der Waals surface area contributed by atoms with Crippen molar-refractivity contribution in [1.82, 2.24) is 9.80 Å². The lowest BCUT2D eigenvalue weighted by molar-refractivity contribution is -0.134. The molecule has 0 spiro atoms. The van der Waals surface area contributed by atoms with Crippen LogP contribution in [0.2, 0.25) is 10.0 Å². The summed E-state index contributed by atoms with van der Waals surface area (Å²) in [6, 6.07) is 5.68. The normalized spacial score (nSPS) is 19.8. The van der Waals surface area contributed by atoms with Gasteiger partial charge >= 0.3 is 0 Å². The van der Waals surface area contributed by atoms with Crippen LogP contribution in [0.3, 0.4) is 0 Å². The lowest BCUT2D eigenvalue weighted by Crippen LogP contribution is -2.49. The molecule has 3 nitrogen and oxygen atoms in total. The molecule has 21 heavy (non-hydrogen) atoms. The van der Waals surface area contributed by atoms with Gasteiger partial charge in [-0.3, -0.25) is 9.69 Å². The summed E-state index contributed by atoms with van der Waals surface area (Å²) < 4.78 is 0. The van der Waals surface area contributed by atoms with Gasteiger partial charge in [-0.25, -0.2) is 0 Å². The maximum absolute atomic E-state index is 12.0. The molecule has 1 aromatic rings. The van der Waals surface area contributed by atoms with Crippen LogP contribution in [0.1, 0.15) is 18.4 Å². The molecule has 1 aromatic carbocycles. The predicted octanol–water partition coefficient (Wildman–Crippen LogP) is 3.09. The summed E-state index contributed by atoms with van der Waals surface area (Å²) in [4.78, 5) is 16.4. The van der Waals surface area contributed by atoms with Gasteiger partial charge in [-0.2, -0.15) is 0 Å². The van der Waals surface area contributed by atoms with Crippen molar-refractivity contribution in [3.8, 4) is 0 Å². The molecule has 1 aliphatic carbocycles. The molecule has 1 aliphatic heterocycles. The molecular formula is C16H20Cl2N2O. The second-order valence-electron chi connectivity index (χ2n) is 5.93. The van der Waals surface area contributed by atoms with E-state index in [1.807, 2.05) is 17.0 Å². The molecule has 0 radical (unpaired) electrons. The molecule has 1 amide bonds. The van der Waals surface area contributed by atoms with Crippen molar-refractivity contribution >= 4 is 29.1 Å². The predicted molar refractivity (Wildman–Crippen MR) is 85.9 cm³/mol. The lowest BCUT2D eigenvalue weighted by atomic mass is 10.1. The maximum atomic E-state index is 12.0. The highest BCUT2D eigenvalue weighted by molar-refractivity contribution is 6.35. The van der Waals surface area contributed by atoms with Crippen LogP contribution in [-0.2, 0) is 11.2 Å². The van der Waals surface area contributed by atoms with Crippen LogP contribution >= 0.6 is 23.2 Å². The molecule has 0 atom stereocenters. The molecule has 2 aliphatic rings. The first-order chi connectivity index (χ1) is 10.1. The minimum atomic E-state index is 0.337. The second-order valence-corrected chi connectivity index (χ2v) is 6.77. The van der Waals surface area contributed by atoms with Crippen molar-refractivity contribution in [3.05, 3.63) is 33.8 Å². The largest absolute Gasteiger partial charge is 0.340 e. The summed E-state index contributed by atoms with van der Waals surface area (Å²) in [6.45, 7) is 4.63. The van der Waals surface area contributed by atoms with Gasteiger partial charge in [0.05, 0.1) is 0 Å². The minimum absolute atomic E-state index is 0.337. The molecule has 0 bridgehead atoms. The molecule has 1 heterocycles. The van der Waals surface area contributed by atoms with E-state index in [1.54, 1.807) is 6.07 Å². The van der Waals surface area contributed by atoms with Crippen LogP contribution < -0.4 is 0 Å². The number of carbonyl (C=O) groups is 1. The highest BCUT2D eigenvalue weighted by atomic mass is 35.5. The van der Waals surface area contributed by atoms with Gasteiger partial charge in [-0.15, -0.1) is 0 Å². The van der Waals surface area contributed by atoms with Crippen LogP contribution in [0.5, 0.6) is 0 Å².